The van der Waals surface area contributed by atoms with E-state index in [1.165, 1.54) is 24.4 Å². The fourth-order valence-electron chi connectivity index (χ4n) is 1.49. The second kappa shape index (κ2) is 4.91. The summed E-state index contributed by atoms with van der Waals surface area (Å²) in [6.07, 6.45) is 1.23. The molecule has 0 bridgehead atoms. The number of aromatic nitrogens is 2. The first-order valence-corrected chi connectivity index (χ1v) is 7.02. The molecule has 0 spiro atoms. The van der Waals surface area contributed by atoms with E-state index in [1.54, 1.807) is 6.92 Å². The molecule has 0 atom stereocenters. The summed E-state index contributed by atoms with van der Waals surface area (Å²) in [7, 11) is -3.72. The Morgan fingerprint density at radius 1 is 1.47 bits per heavy atom. The maximum atomic E-state index is 12.1. The molecule has 0 aliphatic heterocycles. The Hall–Kier alpha value is -2.04. The lowest BCUT2D eigenvalue weighted by atomic mass is 10.2. The second-order valence-electron chi connectivity index (χ2n) is 3.77. The van der Waals surface area contributed by atoms with E-state index in [0.29, 0.717) is 5.69 Å². The van der Waals surface area contributed by atoms with Crippen molar-refractivity contribution in [2.24, 2.45) is 0 Å². The summed E-state index contributed by atoms with van der Waals surface area (Å²) in [6.45, 7) is 1.60. The molecule has 0 aliphatic carbocycles. The zero-order chi connectivity index (χ0) is 14.0. The summed E-state index contributed by atoms with van der Waals surface area (Å²) in [5.41, 5.74) is 1.00. The zero-order valence-electron chi connectivity index (χ0n) is 9.81. The molecule has 2 rings (SSSR count). The van der Waals surface area contributed by atoms with Crippen LogP contribution in [0.4, 0.5) is 5.69 Å². The lowest BCUT2D eigenvalue weighted by Gasteiger charge is -2.07. The topological polar surface area (TPSA) is 98.6 Å². The van der Waals surface area contributed by atoms with Crippen LogP contribution in [0.15, 0.2) is 29.3 Å². The third-order valence-corrected chi connectivity index (χ3v) is 4.22. The molecule has 1 aromatic carbocycles. The number of halogens is 1. The van der Waals surface area contributed by atoms with Crippen molar-refractivity contribution in [1.29, 1.82) is 5.26 Å². The van der Waals surface area contributed by atoms with Gasteiger partial charge in [0.25, 0.3) is 10.0 Å². The molecule has 0 unspecified atom stereocenters. The molecular formula is C11H9ClN4O2S. The van der Waals surface area contributed by atoms with Crippen LogP contribution in [0.25, 0.3) is 0 Å². The van der Waals surface area contributed by atoms with Gasteiger partial charge in [-0.05, 0) is 25.1 Å². The first-order valence-electron chi connectivity index (χ1n) is 5.16. The molecule has 19 heavy (non-hydrogen) atoms. The number of nitrogens with one attached hydrogen (secondary N) is 2. The van der Waals surface area contributed by atoms with Gasteiger partial charge in [-0.2, -0.15) is 10.4 Å². The Kier molecular flexibility index (Phi) is 3.46. The van der Waals surface area contributed by atoms with Crippen LogP contribution in [-0.2, 0) is 10.0 Å². The van der Waals surface area contributed by atoms with E-state index in [4.69, 9.17) is 16.9 Å². The van der Waals surface area contributed by atoms with Crippen molar-refractivity contribution in [2.45, 2.75) is 11.8 Å². The van der Waals surface area contributed by atoms with Crippen LogP contribution >= 0.6 is 11.6 Å². The summed E-state index contributed by atoms with van der Waals surface area (Å²) in [5.74, 6) is 0. The SMILES string of the molecule is Cc1[nH]ncc1S(=O)(=O)Nc1ccc(C#N)c(Cl)c1. The van der Waals surface area contributed by atoms with Crippen LogP contribution in [0.3, 0.4) is 0 Å². The van der Waals surface area contributed by atoms with E-state index in [-0.39, 0.29) is 21.2 Å². The molecular weight excluding hydrogens is 288 g/mol. The van der Waals surface area contributed by atoms with Gasteiger partial charge in [-0.15, -0.1) is 0 Å². The van der Waals surface area contributed by atoms with Crippen molar-refractivity contribution in [2.75, 3.05) is 4.72 Å². The molecule has 0 amide bonds. The van der Waals surface area contributed by atoms with Gasteiger partial charge in [-0.25, -0.2) is 8.42 Å². The van der Waals surface area contributed by atoms with Crippen molar-refractivity contribution in [3.63, 3.8) is 0 Å². The Balaban J connectivity index is 2.34. The van der Waals surface area contributed by atoms with Crippen molar-refractivity contribution < 1.29 is 8.42 Å². The van der Waals surface area contributed by atoms with Crippen LogP contribution < -0.4 is 4.72 Å². The van der Waals surface area contributed by atoms with Crippen LogP contribution in [0.1, 0.15) is 11.3 Å². The first kappa shape index (κ1) is 13.4. The number of H-pyrrole nitrogens is 1. The summed E-state index contributed by atoms with van der Waals surface area (Å²) in [4.78, 5) is 0.0629. The molecule has 8 heteroatoms. The number of benzene rings is 1. The quantitative estimate of drug-likeness (QED) is 0.905. The minimum atomic E-state index is -3.72. The summed E-state index contributed by atoms with van der Waals surface area (Å²) in [5, 5.41) is 15.1. The van der Waals surface area contributed by atoms with Crippen molar-refractivity contribution in [1.82, 2.24) is 10.2 Å². The summed E-state index contributed by atoms with van der Waals surface area (Å²) >= 11 is 5.84. The number of sulfonamides is 1. The van der Waals surface area contributed by atoms with Crippen LogP contribution in [0.2, 0.25) is 5.02 Å². The second-order valence-corrected chi connectivity index (χ2v) is 5.83. The van der Waals surface area contributed by atoms with E-state index in [9.17, 15) is 8.42 Å². The number of rotatable bonds is 3. The Morgan fingerprint density at radius 3 is 2.74 bits per heavy atom. The monoisotopic (exact) mass is 296 g/mol. The average molecular weight is 297 g/mol. The smallest absolute Gasteiger partial charge is 0.265 e. The van der Waals surface area contributed by atoms with Gasteiger partial charge in [0.15, 0.2) is 0 Å². The highest BCUT2D eigenvalue weighted by Gasteiger charge is 2.18. The van der Waals surface area contributed by atoms with E-state index < -0.39 is 10.0 Å². The van der Waals surface area contributed by atoms with Gasteiger partial charge in [0.1, 0.15) is 11.0 Å². The van der Waals surface area contributed by atoms with E-state index >= 15 is 0 Å². The summed E-state index contributed by atoms with van der Waals surface area (Å²) in [6, 6.07) is 6.20. The summed E-state index contributed by atoms with van der Waals surface area (Å²) < 4.78 is 26.5. The lowest BCUT2D eigenvalue weighted by molar-refractivity contribution is 0.600. The largest absolute Gasteiger partial charge is 0.281 e. The highest BCUT2D eigenvalue weighted by Crippen LogP contribution is 2.23. The van der Waals surface area contributed by atoms with Crippen LogP contribution in [-0.4, -0.2) is 18.6 Å². The molecule has 98 valence electrons. The van der Waals surface area contributed by atoms with Gasteiger partial charge in [0.05, 0.1) is 28.2 Å². The fraction of sp³-hybridized carbons (Fsp3) is 0.0909. The Morgan fingerprint density at radius 2 is 2.21 bits per heavy atom. The van der Waals surface area contributed by atoms with E-state index in [1.807, 2.05) is 6.07 Å². The number of hydrogen-bond acceptors (Lipinski definition) is 4. The molecule has 0 saturated carbocycles. The molecule has 0 fully saturated rings. The number of aryl methyl sites for hydroxylation is 1. The molecule has 1 heterocycles. The van der Waals surface area contributed by atoms with Gasteiger partial charge in [-0.1, -0.05) is 11.6 Å². The number of nitriles is 1. The van der Waals surface area contributed by atoms with Gasteiger partial charge in [0.2, 0.25) is 0 Å². The third kappa shape index (κ3) is 2.70. The average Bonchev–Trinajstić information content (AvgIpc) is 2.76. The maximum absolute atomic E-state index is 12.1. The number of aromatic amines is 1. The minimum Gasteiger partial charge on any atom is -0.281 e. The minimum absolute atomic E-state index is 0.0629. The molecule has 1 aromatic heterocycles. The van der Waals surface area contributed by atoms with Gasteiger partial charge < -0.3 is 0 Å². The van der Waals surface area contributed by atoms with Crippen molar-refractivity contribution >= 4 is 27.3 Å². The Bertz CT molecular complexity index is 761. The molecule has 0 saturated heterocycles. The van der Waals surface area contributed by atoms with Gasteiger partial charge in [0, 0.05) is 0 Å². The highest BCUT2D eigenvalue weighted by atomic mass is 35.5. The van der Waals surface area contributed by atoms with Crippen molar-refractivity contribution in [3.8, 4) is 6.07 Å². The van der Waals surface area contributed by atoms with Crippen LogP contribution in [0.5, 0.6) is 0 Å². The van der Waals surface area contributed by atoms with E-state index in [2.05, 4.69) is 14.9 Å². The first-order chi connectivity index (χ1) is 8.94. The molecule has 0 aliphatic rings. The van der Waals surface area contributed by atoms with Gasteiger partial charge >= 0.3 is 0 Å². The third-order valence-electron chi connectivity index (χ3n) is 2.41. The highest BCUT2D eigenvalue weighted by molar-refractivity contribution is 7.92. The zero-order valence-corrected chi connectivity index (χ0v) is 11.4. The molecule has 2 aromatic rings. The fourth-order valence-corrected chi connectivity index (χ4v) is 2.90. The normalized spacial score (nSPS) is 11.0. The molecule has 2 N–H and O–H groups in total. The van der Waals surface area contributed by atoms with Crippen LogP contribution in [0, 0.1) is 18.3 Å². The standard InChI is InChI=1S/C11H9ClN4O2S/c1-7-11(6-14-15-7)19(17,18)16-9-3-2-8(5-13)10(12)4-9/h2-4,6,16H,1H3,(H,14,15). The van der Waals surface area contributed by atoms with Gasteiger partial charge in [-0.3, -0.25) is 9.82 Å². The number of anilines is 1. The maximum Gasteiger partial charge on any atom is 0.265 e. The number of hydrogen-bond donors (Lipinski definition) is 2. The molecule has 6 nitrogen and oxygen atoms in total. The van der Waals surface area contributed by atoms with E-state index in [0.717, 1.165) is 0 Å². The lowest BCUT2D eigenvalue weighted by Crippen LogP contribution is -2.13. The number of nitrogens with zero attached hydrogens (tertiary/aromatic N) is 2. The van der Waals surface area contributed by atoms with Crippen molar-refractivity contribution in [3.05, 3.63) is 40.7 Å². The molecule has 0 radical (unpaired) electrons. The predicted octanol–water partition coefficient (Wildman–Crippen LogP) is 2.04. The Labute approximate surface area is 115 Å². The predicted molar refractivity (Wildman–Crippen MR) is 70.3 cm³/mol.